The topological polar surface area (TPSA) is 65.2 Å². The van der Waals surface area contributed by atoms with E-state index in [1.54, 1.807) is 0 Å². The Morgan fingerprint density at radius 3 is 2.45 bits per heavy atom. The van der Waals surface area contributed by atoms with Gasteiger partial charge in [-0.3, -0.25) is 9.69 Å². The first kappa shape index (κ1) is 22.2. The Morgan fingerprint density at radius 2 is 1.82 bits per heavy atom. The van der Waals surface area contributed by atoms with E-state index in [-0.39, 0.29) is 5.92 Å². The van der Waals surface area contributed by atoms with E-state index in [9.17, 15) is 4.79 Å². The van der Waals surface area contributed by atoms with E-state index in [0.29, 0.717) is 28.7 Å². The van der Waals surface area contributed by atoms with E-state index >= 15 is 0 Å². The highest BCUT2D eigenvalue weighted by Gasteiger charge is 2.59. The second kappa shape index (κ2) is 8.61. The van der Waals surface area contributed by atoms with Crippen molar-refractivity contribution in [3.63, 3.8) is 0 Å². The fourth-order valence-corrected chi connectivity index (χ4v) is 6.74. The van der Waals surface area contributed by atoms with Gasteiger partial charge in [-0.15, -0.1) is 0 Å². The molecule has 1 aromatic heterocycles. The average Bonchev–Trinajstić information content (AvgIpc) is 3.25. The SMILES string of the molecule is CC1CC(C(=O)N2CCN(Cc3cncn3Cc3ccc(C#N)cc3)CC2)C2CC1C2(C)C. The van der Waals surface area contributed by atoms with Crippen LogP contribution in [0, 0.1) is 40.4 Å². The third-order valence-electron chi connectivity index (χ3n) is 8.84. The molecule has 1 aromatic carbocycles. The molecule has 1 aliphatic heterocycles. The zero-order valence-electron chi connectivity index (χ0n) is 20.1. The van der Waals surface area contributed by atoms with Crippen molar-refractivity contribution in [2.24, 2.45) is 29.1 Å². The average molecular weight is 446 g/mol. The van der Waals surface area contributed by atoms with E-state index in [2.05, 4.69) is 46.2 Å². The Bertz CT molecular complexity index is 1040. The van der Waals surface area contributed by atoms with E-state index < -0.39 is 0 Å². The van der Waals surface area contributed by atoms with E-state index in [1.807, 2.05) is 36.8 Å². The van der Waals surface area contributed by atoms with Crippen LogP contribution in [0.2, 0.25) is 0 Å². The third-order valence-corrected chi connectivity index (χ3v) is 8.84. The van der Waals surface area contributed by atoms with Crippen molar-refractivity contribution in [3.05, 3.63) is 53.6 Å². The lowest BCUT2D eigenvalue weighted by molar-refractivity contribution is -0.170. The van der Waals surface area contributed by atoms with Crippen LogP contribution in [0.15, 0.2) is 36.8 Å². The molecule has 2 aromatic rings. The maximum Gasteiger partial charge on any atom is 0.226 e. The van der Waals surface area contributed by atoms with Crippen LogP contribution in [0.25, 0.3) is 0 Å². The van der Waals surface area contributed by atoms with Gasteiger partial charge in [-0.1, -0.05) is 32.9 Å². The fourth-order valence-electron chi connectivity index (χ4n) is 6.74. The first-order valence-corrected chi connectivity index (χ1v) is 12.4. The van der Waals surface area contributed by atoms with Gasteiger partial charge in [0.05, 0.1) is 23.7 Å². The molecule has 3 aliphatic carbocycles. The number of rotatable bonds is 5. The number of carbonyl (C=O) groups is 1. The highest BCUT2D eigenvalue weighted by molar-refractivity contribution is 5.80. The quantitative estimate of drug-likeness (QED) is 0.703. The van der Waals surface area contributed by atoms with Gasteiger partial charge in [-0.05, 0) is 53.7 Å². The summed E-state index contributed by atoms with van der Waals surface area (Å²) in [4.78, 5) is 22.4. The number of aromatic nitrogens is 2. The molecule has 2 bridgehead atoms. The number of imidazole rings is 1. The van der Waals surface area contributed by atoms with Crippen molar-refractivity contribution < 1.29 is 4.79 Å². The molecule has 0 spiro atoms. The number of nitriles is 1. The zero-order valence-corrected chi connectivity index (χ0v) is 20.1. The number of fused-ring (bicyclic) bond motifs is 2. The second-order valence-electron chi connectivity index (χ2n) is 11.0. The highest BCUT2D eigenvalue weighted by Crippen LogP contribution is 2.63. The Morgan fingerprint density at radius 1 is 1.09 bits per heavy atom. The number of hydrogen-bond acceptors (Lipinski definition) is 4. The molecule has 2 heterocycles. The molecule has 1 amide bonds. The summed E-state index contributed by atoms with van der Waals surface area (Å²) >= 11 is 0. The van der Waals surface area contributed by atoms with Crippen molar-refractivity contribution in [3.8, 4) is 6.07 Å². The van der Waals surface area contributed by atoms with Crippen LogP contribution in [0.4, 0.5) is 0 Å². The van der Waals surface area contributed by atoms with Crippen molar-refractivity contribution in [1.82, 2.24) is 19.4 Å². The van der Waals surface area contributed by atoms with Crippen LogP contribution in [-0.4, -0.2) is 51.4 Å². The number of carbonyl (C=O) groups excluding carboxylic acids is 1. The molecule has 4 fully saturated rings. The van der Waals surface area contributed by atoms with Gasteiger partial charge in [0.2, 0.25) is 5.91 Å². The van der Waals surface area contributed by atoms with Gasteiger partial charge in [0, 0.05) is 51.4 Å². The van der Waals surface area contributed by atoms with Gasteiger partial charge in [0.25, 0.3) is 0 Å². The monoisotopic (exact) mass is 445 g/mol. The number of piperazine rings is 1. The maximum absolute atomic E-state index is 13.4. The van der Waals surface area contributed by atoms with Crippen LogP contribution in [-0.2, 0) is 17.9 Å². The van der Waals surface area contributed by atoms with Gasteiger partial charge in [0.15, 0.2) is 0 Å². The van der Waals surface area contributed by atoms with E-state index in [0.717, 1.165) is 57.2 Å². The molecule has 33 heavy (non-hydrogen) atoms. The summed E-state index contributed by atoms with van der Waals surface area (Å²) in [6, 6.07) is 9.90. The van der Waals surface area contributed by atoms with Gasteiger partial charge < -0.3 is 9.47 Å². The normalized spacial score (nSPS) is 28.7. The Labute approximate surface area is 197 Å². The number of amides is 1. The van der Waals surface area contributed by atoms with Crippen molar-refractivity contribution >= 4 is 5.91 Å². The van der Waals surface area contributed by atoms with Gasteiger partial charge in [-0.2, -0.15) is 5.26 Å². The van der Waals surface area contributed by atoms with Crippen LogP contribution in [0.5, 0.6) is 0 Å². The minimum Gasteiger partial charge on any atom is -0.340 e. The first-order valence-electron chi connectivity index (χ1n) is 12.4. The van der Waals surface area contributed by atoms with Crippen molar-refractivity contribution in [2.75, 3.05) is 26.2 Å². The zero-order chi connectivity index (χ0) is 23.2. The molecule has 4 aliphatic rings. The Balaban J connectivity index is 1.16. The molecule has 4 unspecified atom stereocenters. The summed E-state index contributed by atoms with van der Waals surface area (Å²) in [7, 11) is 0. The molecular weight excluding hydrogens is 410 g/mol. The van der Waals surface area contributed by atoms with Crippen LogP contribution < -0.4 is 0 Å². The summed E-state index contributed by atoms with van der Waals surface area (Å²) in [5.74, 6) is 2.67. The molecule has 3 saturated carbocycles. The predicted molar refractivity (Wildman–Crippen MR) is 127 cm³/mol. The minimum atomic E-state index is 0.223. The van der Waals surface area contributed by atoms with Crippen molar-refractivity contribution in [2.45, 2.75) is 46.7 Å². The number of hydrogen-bond donors (Lipinski definition) is 0. The van der Waals surface area contributed by atoms with Crippen LogP contribution in [0.1, 0.15) is 50.4 Å². The largest absolute Gasteiger partial charge is 0.340 e. The summed E-state index contributed by atoms with van der Waals surface area (Å²) in [5, 5.41) is 8.99. The van der Waals surface area contributed by atoms with Gasteiger partial charge >= 0.3 is 0 Å². The number of benzene rings is 1. The van der Waals surface area contributed by atoms with E-state index in [4.69, 9.17) is 5.26 Å². The van der Waals surface area contributed by atoms with Crippen LogP contribution >= 0.6 is 0 Å². The lowest BCUT2D eigenvalue weighted by atomic mass is 9.42. The van der Waals surface area contributed by atoms with Gasteiger partial charge in [0.1, 0.15) is 0 Å². The maximum atomic E-state index is 13.4. The number of nitrogens with zero attached hydrogens (tertiary/aromatic N) is 5. The lowest BCUT2D eigenvalue weighted by Gasteiger charge is -2.62. The summed E-state index contributed by atoms with van der Waals surface area (Å²) in [6.45, 7) is 12.2. The predicted octanol–water partition coefficient (Wildman–Crippen LogP) is 3.77. The standard InChI is InChI=1S/C27H35N5O/c1-19-12-23(25-13-24(19)27(25,2)3)26(33)31-10-8-30(9-11-31)17-22-15-29-18-32(22)16-21-6-4-20(14-28)5-7-21/h4-7,15,18-19,23-25H,8-13,16-17H2,1-3H3. The van der Waals surface area contributed by atoms with E-state index in [1.165, 1.54) is 12.1 Å². The lowest BCUT2D eigenvalue weighted by Crippen LogP contribution is -2.60. The summed E-state index contributed by atoms with van der Waals surface area (Å²) < 4.78 is 2.18. The summed E-state index contributed by atoms with van der Waals surface area (Å²) in [5.41, 5.74) is 3.35. The molecule has 6 nitrogen and oxygen atoms in total. The molecule has 6 rings (SSSR count). The summed E-state index contributed by atoms with van der Waals surface area (Å²) in [6.07, 6.45) is 6.14. The molecule has 0 radical (unpaired) electrons. The Hall–Kier alpha value is -2.65. The smallest absolute Gasteiger partial charge is 0.226 e. The molecular formula is C27H35N5O. The third kappa shape index (κ3) is 4.08. The van der Waals surface area contributed by atoms with Gasteiger partial charge in [-0.25, -0.2) is 4.98 Å². The Kier molecular flexibility index (Phi) is 5.78. The van der Waals surface area contributed by atoms with Crippen LogP contribution in [0.3, 0.4) is 0 Å². The fraction of sp³-hybridized carbons (Fsp3) is 0.593. The van der Waals surface area contributed by atoms with Crippen molar-refractivity contribution in [1.29, 1.82) is 5.26 Å². The highest BCUT2D eigenvalue weighted by atomic mass is 16.2. The first-order chi connectivity index (χ1) is 15.9. The second-order valence-corrected chi connectivity index (χ2v) is 11.0. The molecule has 1 saturated heterocycles. The molecule has 6 heteroatoms. The molecule has 174 valence electrons. The minimum absolute atomic E-state index is 0.223. The molecule has 0 N–H and O–H groups in total. The molecule has 4 atom stereocenters.